The average molecular weight is 553 g/mol. The second-order valence-corrected chi connectivity index (χ2v) is 8.69. The second-order valence-electron chi connectivity index (χ2n) is 7.74. The van der Waals surface area contributed by atoms with Gasteiger partial charge in [-0.15, -0.1) is 36.2 Å². The lowest BCUT2D eigenvalue weighted by Gasteiger charge is -2.14. The van der Waals surface area contributed by atoms with Crippen molar-refractivity contribution in [2.75, 3.05) is 33.9 Å². The molecule has 0 aliphatic carbocycles. The van der Waals surface area contributed by atoms with Gasteiger partial charge < -0.3 is 29.6 Å². The summed E-state index contributed by atoms with van der Waals surface area (Å²) in [5.74, 6) is 2.95. The van der Waals surface area contributed by atoms with E-state index in [0.29, 0.717) is 18.0 Å². The quantitative estimate of drug-likeness (QED) is 0.209. The fraction of sp³-hybridized carbons (Fsp3) is 0.269. The van der Waals surface area contributed by atoms with Crippen molar-refractivity contribution in [2.24, 2.45) is 0 Å². The van der Waals surface area contributed by atoms with Crippen molar-refractivity contribution in [3.8, 4) is 39.2 Å². The van der Waals surface area contributed by atoms with Crippen molar-refractivity contribution in [1.29, 1.82) is 0 Å². The normalized spacial score (nSPS) is 11.2. The molecule has 0 spiro atoms. The van der Waals surface area contributed by atoms with Gasteiger partial charge in [0.1, 0.15) is 24.3 Å². The number of hydrogen-bond donors (Lipinski definition) is 3. The molecule has 0 saturated carbocycles. The molecule has 0 radical (unpaired) electrons. The van der Waals surface area contributed by atoms with Crippen molar-refractivity contribution in [3.63, 3.8) is 0 Å². The number of methoxy groups -OCH3 is 2. The van der Waals surface area contributed by atoms with Gasteiger partial charge in [0.15, 0.2) is 11.5 Å². The molecule has 4 aromatic rings. The Balaban J connectivity index is 0.00000228. The molecule has 0 aliphatic heterocycles. The Labute approximate surface area is 227 Å². The number of imidazole rings is 1. The number of H-pyrrole nitrogens is 1. The number of benzene rings is 2. The largest absolute Gasteiger partial charge is 0.493 e. The summed E-state index contributed by atoms with van der Waals surface area (Å²) in [6, 6.07) is 17.6. The molecule has 36 heavy (non-hydrogen) atoms. The van der Waals surface area contributed by atoms with Gasteiger partial charge in [-0.2, -0.15) is 0 Å². The summed E-state index contributed by atoms with van der Waals surface area (Å²) in [6.45, 7) is 1.40. The molecule has 4 rings (SSSR count). The highest BCUT2D eigenvalue weighted by molar-refractivity contribution is 7.13. The third kappa shape index (κ3) is 7.88. The lowest BCUT2D eigenvalue weighted by atomic mass is 10.1. The van der Waals surface area contributed by atoms with E-state index in [1.807, 2.05) is 60.1 Å². The van der Waals surface area contributed by atoms with E-state index in [9.17, 15) is 5.11 Å². The first-order valence-corrected chi connectivity index (χ1v) is 12.0. The fourth-order valence-electron chi connectivity index (χ4n) is 3.52. The van der Waals surface area contributed by atoms with Crippen LogP contribution in [0.15, 0.2) is 66.2 Å². The summed E-state index contributed by atoms with van der Waals surface area (Å²) in [7, 11) is 3.25. The summed E-state index contributed by atoms with van der Waals surface area (Å²) in [6.07, 6.45) is 2.12. The van der Waals surface area contributed by atoms with Crippen LogP contribution in [-0.4, -0.2) is 55.1 Å². The van der Waals surface area contributed by atoms with Gasteiger partial charge >= 0.3 is 0 Å². The molecule has 194 valence electrons. The van der Waals surface area contributed by atoms with Crippen LogP contribution < -0.4 is 19.5 Å². The highest BCUT2D eigenvalue weighted by atomic mass is 35.5. The topological polar surface area (TPSA) is 88.6 Å². The van der Waals surface area contributed by atoms with E-state index in [1.54, 1.807) is 25.6 Å². The van der Waals surface area contributed by atoms with Gasteiger partial charge in [-0.05, 0) is 66.4 Å². The molecule has 0 aliphatic rings. The zero-order valence-electron chi connectivity index (χ0n) is 20.1. The fourth-order valence-corrected chi connectivity index (χ4v) is 4.20. The number of rotatable bonds is 12. The number of ether oxygens (including phenoxy) is 3. The molecule has 0 bridgehead atoms. The number of nitrogens with zero attached hydrogens (tertiary/aromatic N) is 1. The van der Waals surface area contributed by atoms with Crippen LogP contribution in [0.4, 0.5) is 0 Å². The van der Waals surface area contributed by atoms with Crippen LogP contribution in [0.3, 0.4) is 0 Å². The van der Waals surface area contributed by atoms with E-state index in [0.717, 1.165) is 46.2 Å². The third-order valence-corrected chi connectivity index (χ3v) is 6.23. The van der Waals surface area contributed by atoms with Crippen molar-refractivity contribution < 1.29 is 19.3 Å². The lowest BCUT2D eigenvalue weighted by Crippen LogP contribution is -2.32. The van der Waals surface area contributed by atoms with Gasteiger partial charge in [0.05, 0.1) is 24.8 Å². The lowest BCUT2D eigenvalue weighted by molar-refractivity contribution is 0.106. The van der Waals surface area contributed by atoms with Gasteiger partial charge in [0.25, 0.3) is 0 Å². The molecule has 0 fully saturated rings. The Morgan fingerprint density at radius 2 is 1.81 bits per heavy atom. The number of aromatic amines is 1. The van der Waals surface area contributed by atoms with Gasteiger partial charge in [-0.25, -0.2) is 4.98 Å². The monoisotopic (exact) mass is 551 g/mol. The Kier molecular flexibility index (Phi) is 12.1. The maximum atomic E-state index is 10.2. The molecular formula is C26H31Cl2N3O4S. The zero-order valence-corrected chi connectivity index (χ0v) is 22.6. The SMILES string of the molecule is COc1ccc(CCNCC(O)COc2ccc(-c3nc(-c4cccs4)c[nH]3)cc2)cc1OC.Cl.Cl. The van der Waals surface area contributed by atoms with Crippen LogP contribution in [0.25, 0.3) is 22.0 Å². The molecule has 2 aromatic carbocycles. The molecule has 1 atom stereocenters. The first kappa shape index (κ1) is 29.5. The molecule has 2 heterocycles. The predicted molar refractivity (Wildman–Crippen MR) is 149 cm³/mol. The standard InChI is InChI=1S/C26H29N3O4S.2ClH/c1-31-23-10-5-18(14-24(23)32-2)11-12-27-15-20(30)17-33-21-8-6-19(7-9-21)26-28-16-22(29-26)25-4-3-13-34-25;;/h3-10,13-14,16,20,27,30H,11-12,15,17H2,1-2H3,(H,28,29);2*1H. The van der Waals surface area contributed by atoms with Crippen LogP contribution in [0.1, 0.15) is 5.56 Å². The summed E-state index contributed by atoms with van der Waals surface area (Å²) >= 11 is 1.66. The highest BCUT2D eigenvalue weighted by Gasteiger charge is 2.09. The maximum absolute atomic E-state index is 10.2. The molecule has 2 aromatic heterocycles. The van der Waals surface area contributed by atoms with E-state index in [1.165, 1.54) is 0 Å². The summed E-state index contributed by atoms with van der Waals surface area (Å²) < 4.78 is 16.3. The van der Waals surface area contributed by atoms with Crippen LogP contribution in [0, 0.1) is 0 Å². The van der Waals surface area contributed by atoms with Crippen LogP contribution >= 0.6 is 36.2 Å². The van der Waals surface area contributed by atoms with E-state index in [-0.39, 0.29) is 31.4 Å². The number of aromatic nitrogens is 2. The number of halogens is 2. The molecule has 0 saturated heterocycles. The number of aliphatic hydroxyl groups excluding tert-OH is 1. The minimum absolute atomic E-state index is 0. The average Bonchev–Trinajstić information content (AvgIpc) is 3.58. The van der Waals surface area contributed by atoms with E-state index < -0.39 is 6.10 Å². The van der Waals surface area contributed by atoms with Crippen molar-refractivity contribution in [2.45, 2.75) is 12.5 Å². The minimum Gasteiger partial charge on any atom is -0.493 e. The first-order chi connectivity index (χ1) is 16.7. The number of nitrogens with one attached hydrogen (secondary N) is 2. The summed E-state index contributed by atoms with van der Waals surface area (Å²) in [4.78, 5) is 9.02. The Morgan fingerprint density at radius 3 is 2.50 bits per heavy atom. The Bertz CT molecular complexity index is 1170. The minimum atomic E-state index is -0.608. The van der Waals surface area contributed by atoms with Crippen LogP contribution in [0.2, 0.25) is 0 Å². The molecule has 0 amide bonds. The molecule has 10 heteroatoms. The molecule has 3 N–H and O–H groups in total. The van der Waals surface area contributed by atoms with E-state index >= 15 is 0 Å². The van der Waals surface area contributed by atoms with Crippen molar-refractivity contribution in [1.82, 2.24) is 15.3 Å². The first-order valence-electron chi connectivity index (χ1n) is 11.1. The number of aliphatic hydroxyl groups is 1. The molecular weight excluding hydrogens is 521 g/mol. The van der Waals surface area contributed by atoms with E-state index in [4.69, 9.17) is 14.2 Å². The Hall–Kier alpha value is -2.75. The number of hydrogen-bond acceptors (Lipinski definition) is 7. The summed E-state index contributed by atoms with van der Waals surface area (Å²) in [5, 5.41) is 15.6. The second kappa shape index (κ2) is 14.7. The predicted octanol–water partition coefficient (Wildman–Crippen LogP) is 5.24. The van der Waals surface area contributed by atoms with Crippen LogP contribution in [-0.2, 0) is 6.42 Å². The van der Waals surface area contributed by atoms with Gasteiger partial charge in [0.2, 0.25) is 0 Å². The highest BCUT2D eigenvalue weighted by Crippen LogP contribution is 2.28. The molecule has 7 nitrogen and oxygen atoms in total. The molecule has 1 unspecified atom stereocenters. The number of thiophene rings is 1. The van der Waals surface area contributed by atoms with Gasteiger partial charge in [-0.1, -0.05) is 12.1 Å². The van der Waals surface area contributed by atoms with Crippen molar-refractivity contribution >= 4 is 36.2 Å². The van der Waals surface area contributed by atoms with Crippen molar-refractivity contribution in [3.05, 3.63) is 71.7 Å². The van der Waals surface area contributed by atoms with E-state index in [2.05, 4.69) is 21.4 Å². The van der Waals surface area contributed by atoms with Gasteiger partial charge in [-0.3, -0.25) is 0 Å². The maximum Gasteiger partial charge on any atom is 0.160 e. The Morgan fingerprint density at radius 1 is 1.03 bits per heavy atom. The zero-order chi connectivity index (χ0) is 23.8. The smallest absolute Gasteiger partial charge is 0.160 e. The third-order valence-electron chi connectivity index (χ3n) is 5.34. The van der Waals surface area contributed by atoms with Gasteiger partial charge in [0, 0.05) is 18.3 Å². The summed E-state index contributed by atoms with van der Waals surface area (Å²) in [5.41, 5.74) is 3.05. The van der Waals surface area contributed by atoms with Crippen LogP contribution in [0.5, 0.6) is 17.2 Å².